The average Bonchev–Trinajstić information content (AvgIpc) is 2.66. The van der Waals surface area contributed by atoms with Crippen molar-refractivity contribution in [3.8, 4) is 11.5 Å². The molecule has 1 saturated heterocycles. The maximum Gasteiger partial charge on any atom is 0.127 e. The van der Waals surface area contributed by atoms with E-state index in [9.17, 15) is 0 Å². The molecule has 0 bridgehead atoms. The third-order valence-corrected chi connectivity index (χ3v) is 3.38. The second-order valence-corrected chi connectivity index (χ2v) is 4.46. The van der Waals surface area contributed by atoms with Crippen LogP contribution >= 0.6 is 0 Å². The van der Waals surface area contributed by atoms with Crippen molar-refractivity contribution in [2.45, 2.75) is 31.7 Å². The van der Waals surface area contributed by atoms with Crippen molar-refractivity contribution < 1.29 is 9.47 Å². The van der Waals surface area contributed by atoms with Gasteiger partial charge in [0, 0.05) is 17.7 Å². The Morgan fingerprint density at radius 3 is 2.76 bits per heavy atom. The zero-order chi connectivity index (χ0) is 12.1. The molecule has 0 saturated carbocycles. The molecule has 0 amide bonds. The van der Waals surface area contributed by atoms with Crippen LogP contribution in [0.1, 0.15) is 37.3 Å². The smallest absolute Gasteiger partial charge is 0.127 e. The maximum atomic E-state index is 5.46. The molecule has 1 N–H and O–H groups in total. The first-order valence-corrected chi connectivity index (χ1v) is 6.30. The van der Waals surface area contributed by atoms with Crippen molar-refractivity contribution >= 4 is 0 Å². The van der Waals surface area contributed by atoms with Gasteiger partial charge >= 0.3 is 0 Å². The van der Waals surface area contributed by atoms with Crippen LogP contribution in [0.4, 0.5) is 0 Å². The first-order chi connectivity index (χ1) is 8.35. The van der Waals surface area contributed by atoms with Gasteiger partial charge < -0.3 is 14.8 Å². The summed E-state index contributed by atoms with van der Waals surface area (Å²) in [5.74, 6) is 1.77. The van der Waals surface area contributed by atoms with E-state index in [4.69, 9.17) is 9.47 Å². The van der Waals surface area contributed by atoms with E-state index in [2.05, 4.69) is 11.4 Å². The summed E-state index contributed by atoms with van der Waals surface area (Å²) >= 11 is 0. The van der Waals surface area contributed by atoms with Crippen LogP contribution in [-0.2, 0) is 0 Å². The summed E-state index contributed by atoms with van der Waals surface area (Å²) in [6.07, 6.45) is 5.06. The molecular formula is C14H21NO2. The lowest BCUT2D eigenvalue weighted by atomic mass is 10.0. The van der Waals surface area contributed by atoms with E-state index in [0.29, 0.717) is 6.04 Å². The van der Waals surface area contributed by atoms with Gasteiger partial charge in [-0.05, 0) is 25.5 Å². The predicted molar refractivity (Wildman–Crippen MR) is 68.8 cm³/mol. The van der Waals surface area contributed by atoms with E-state index in [-0.39, 0.29) is 0 Å². The third-order valence-electron chi connectivity index (χ3n) is 3.38. The van der Waals surface area contributed by atoms with Gasteiger partial charge in [0.1, 0.15) is 11.5 Å². The molecule has 94 valence electrons. The molecule has 1 aromatic rings. The first kappa shape index (κ1) is 12.2. The first-order valence-electron chi connectivity index (χ1n) is 6.30. The van der Waals surface area contributed by atoms with Crippen LogP contribution in [0.15, 0.2) is 18.2 Å². The normalized spacial score (nSPS) is 20.7. The molecule has 17 heavy (non-hydrogen) atoms. The maximum absolute atomic E-state index is 5.46. The van der Waals surface area contributed by atoms with Crippen molar-refractivity contribution in [1.82, 2.24) is 5.32 Å². The highest BCUT2D eigenvalue weighted by molar-refractivity contribution is 5.42. The van der Waals surface area contributed by atoms with Crippen LogP contribution in [0.5, 0.6) is 11.5 Å². The number of hydrogen-bond donors (Lipinski definition) is 1. The average molecular weight is 235 g/mol. The molecule has 2 rings (SSSR count). The van der Waals surface area contributed by atoms with Gasteiger partial charge in [0.05, 0.1) is 14.2 Å². The molecule has 1 aromatic carbocycles. The number of rotatable bonds is 3. The summed E-state index contributed by atoms with van der Waals surface area (Å²) in [7, 11) is 3.40. The number of ether oxygens (including phenoxy) is 2. The van der Waals surface area contributed by atoms with Gasteiger partial charge in [0.2, 0.25) is 0 Å². The summed E-state index contributed by atoms with van der Waals surface area (Å²) in [5, 5.41) is 3.59. The Balaban J connectivity index is 2.23. The molecule has 3 heteroatoms. The SMILES string of the molecule is COc1ccc(C2CCCCCN2)c(OC)c1. The molecule has 1 heterocycles. The summed E-state index contributed by atoms with van der Waals surface area (Å²) in [6.45, 7) is 1.10. The zero-order valence-electron chi connectivity index (χ0n) is 10.7. The van der Waals surface area contributed by atoms with Crippen molar-refractivity contribution in [2.75, 3.05) is 20.8 Å². The van der Waals surface area contributed by atoms with Gasteiger partial charge in [-0.3, -0.25) is 0 Å². The number of hydrogen-bond acceptors (Lipinski definition) is 3. The molecule has 1 aliphatic rings. The quantitative estimate of drug-likeness (QED) is 0.873. The van der Waals surface area contributed by atoms with E-state index in [0.717, 1.165) is 18.0 Å². The van der Waals surface area contributed by atoms with Crippen LogP contribution in [0.3, 0.4) is 0 Å². The standard InChI is InChI=1S/C14H21NO2/c1-16-11-7-8-12(14(10-11)17-2)13-6-4-3-5-9-15-13/h7-8,10,13,15H,3-6,9H2,1-2H3. The van der Waals surface area contributed by atoms with E-state index < -0.39 is 0 Å². The largest absolute Gasteiger partial charge is 0.497 e. The van der Waals surface area contributed by atoms with Crippen LogP contribution in [0.25, 0.3) is 0 Å². The molecule has 0 spiro atoms. The molecule has 0 aliphatic carbocycles. The fraction of sp³-hybridized carbons (Fsp3) is 0.571. The van der Waals surface area contributed by atoms with Crippen LogP contribution in [-0.4, -0.2) is 20.8 Å². The fourth-order valence-electron chi connectivity index (χ4n) is 2.40. The van der Waals surface area contributed by atoms with Crippen LogP contribution < -0.4 is 14.8 Å². The van der Waals surface area contributed by atoms with Gasteiger partial charge in [-0.25, -0.2) is 0 Å². The van der Waals surface area contributed by atoms with Gasteiger partial charge in [-0.2, -0.15) is 0 Å². The lowest BCUT2D eigenvalue weighted by molar-refractivity contribution is 0.383. The summed E-state index contributed by atoms with van der Waals surface area (Å²) in [5.41, 5.74) is 1.25. The van der Waals surface area contributed by atoms with E-state index in [1.54, 1.807) is 14.2 Å². The summed E-state index contributed by atoms with van der Waals surface area (Å²) < 4.78 is 10.7. The lowest BCUT2D eigenvalue weighted by Crippen LogP contribution is -2.20. The molecule has 0 radical (unpaired) electrons. The predicted octanol–water partition coefficient (Wildman–Crippen LogP) is 2.91. The number of benzene rings is 1. The van der Waals surface area contributed by atoms with Crippen molar-refractivity contribution in [1.29, 1.82) is 0 Å². The second-order valence-electron chi connectivity index (χ2n) is 4.46. The fourth-order valence-corrected chi connectivity index (χ4v) is 2.40. The van der Waals surface area contributed by atoms with Gasteiger partial charge in [-0.15, -0.1) is 0 Å². The summed E-state index contributed by atoms with van der Waals surface area (Å²) in [4.78, 5) is 0. The van der Waals surface area contributed by atoms with Gasteiger partial charge in [0.15, 0.2) is 0 Å². The third kappa shape index (κ3) is 2.91. The Hall–Kier alpha value is -1.22. The highest BCUT2D eigenvalue weighted by Crippen LogP contribution is 2.32. The van der Waals surface area contributed by atoms with Gasteiger partial charge in [-0.1, -0.05) is 18.9 Å². The molecule has 3 nitrogen and oxygen atoms in total. The Morgan fingerprint density at radius 1 is 1.12 bits per heavy atom. The monoisotopic (exact) mass is 235 g/mol. The highest BCUT2D eigenvalue weighted by Gasteiger charge is 2.17. The Morgan fingerprint density at radius 2 is 2.00 bits per heavy atom. The van der Waals surface area contributed by atoms with Crippen LogP contribution in [0, 0.1) is 0 Å². The van der Waals surface area contributed by atoms with E-state index >= 15 is 0 Å². The second kappa shape index (κ2) is 5.92. The van der Waals surface area contributed by atoms with Crippen molar-refractivity contribution in [3.63, 3.8) is 0 Å². The Kier molecular flexibility index (Phi) is 4.26. The Bertz CT molecular complexity index is 357. The minimum atomic E-state index is 0.415. The molecule has 1 fully saturated rings. The Labute approximate surface area is 103 Å². The van der Waals surface area contributed by atoms with Crippen LogP contribution in [0.2, 0.25) is 0 Å². The molecule has 1 unspecified atom stereocenters. The minimum absolute atomic E-state index is 0.415. The summed E-state index contributed by atoms with van der Waals surface area (Å²) in [6, 6.07) is 6.49. The van der Waals surface area contributed by atoms with Crippen molar-refractivity contribution in [2.24, 2.45) is 0 Å². The molecular weight excluding hydrogens is 214 g/mol. The van der Waals surface area contributed by atoms with E-state index in [1.807, 2.05) is 12.1 Å². The molecule has 0 aromatic heterocycles. The zero-order valence-corrected chi connectivity index (χ0v) is 10.7. The topological polar surface area (TPSA) is 30.5 Å². The number of nitrogens with one attached hydrogen (secondary N) is 1. The minimum Gasteiger partial charge on any atom is -0.497 e. The van der Waals surface area contributed by atoms with Gasteiger partial charge in [0.25, 0.3) is 0 Å². The lowest BCUT2D eigenvalue weighted by Gasteiger charge is -2.19. The molecule has 1 aliphatic heterocycles. The van der Waals surface area contributed by atoms with E-state index in [1.165, 1.54) is 31.2 Å². The number of methoxy groups -OCH3 is 2. The van der Waals surface area contributed by atoms with Crippen molar-refractivity contribution in [3.05, 3.63) is 23.8 Å². The highest BCUT2D eigenvalue weighted by atomic mass is 16.5. The molecule has 1 atom stereocenters.